The maximum atomic E-state index is 11.8. The molecule has 0 saturated carbocycles. The number of aryl methyl sites for hydroxylation is 1. The Hall–Kier alpha value is -1.24. The predicted octanol–water partition coefficient (Wildman–Crippen LogP) is 1.04. The van der Waals surface area contributed by atoms with Crippen molar-refractivity contribution in [1.82, 2.24) is 24.5 Å². The molecule has 2 fully saturated rings. The lowest BCUT2D eigenvalue weighted by Gasteiger charge is -2.37. The standard InChI is InChI=1S/C19H33N5O/c1-17-6-7-19(25)24(20-17)16-15-23-13-11-22(12-14-23)10-8-18-5-3-4-9-21(18)2/h6-7,18H,3-5,8-16H2,1-2H3. The van der Waals surface area contributed by atoms with Gasteiger partial charge in [-0.3, -0.25) is 9.69 Å². The third-order valence-electron chi connectivity index (χ3n) is 5.79. The summed E-state index contributed by atoms with van der Waals surface area (Å²) in [6.45, 7) is 10.5. The fourth-order valence-corrected chi connectivity index (χ4v) is 4.02. The number of rotatable bonds is 6. The third kappa shape index (κ3) is 5.36. The van der Waals surface area contributed by atoms with Crippen LogP contribution in [0.25, 0.3) is 0 Å². The minimum atomic E-state index is 0.000776. The quantitative estimate of drug-likeness (QED) is 0.769. The summed E-state index contributed by atoms with van der Waals surface area (Å²) < 4.78 is 1.60. The molecule has 0 N–H and O–H groups in total. The van der Waals surface area contributed by atoms with Crippen molar-refractivity contribution < 1.29 is 0 Å². The number of hydrogen-bond acceptors (Lipinski definition) is 5. The number of likely N-dealkylation sites (tertiary alicyclic amines) is 1. The van der Waals surface area contributed by atoms with Crippen LogP contribution in [0.2, 0.25) is 0 Å². The van der Waals surface area contributed by atoms with Crippen LogP contribution in [0.3, 0.4) is 0 Å². The fourth-order valence-electron chi connectivity index (χ4n) is 4.02. The molecule has 2 aliphatic rings. The summed E-state index contributed by atoms with van der Waals surface area (Å²) in [5.74, 6) is 0. The maximum absolute atomic E-state index is 11.8. The third-order valence-corrected chi connectivity index (χ3v) is 5.79. The number of piperidine rings is 1. The first kappa shape index (κ1) is 18.5. The lowest BCUT2D eigenvalue weighted by atomic mass is 10.00. The van der Waals surface area contributed by atoms with Crippen molar-refractivity contribution in [3.63, 3.8) is 0 Å². The van der Waals surface area contributed by atoms with Gasteiger partial charge in [0, 0.05) is 44.8 Å². The van der Waals surface area contributed by atoms with E-state index in [4.69, 9.17) is 0 Å². The lowest BCUT2D eigenvalue weighted by molar-refractivity contribution is 0.107. The molecule has 1 aromatic rings. The minimum absolute atomic E-state index is 0.000776. The highest BCUT2D eigenvalue weighted by molar-refractivity contribution is 4.97. The number of aromatic nitrogens is 2. The van der Waals surface area contributed by atoms with Crippen molar-refractivity contribution in [2.75, 3.05) is 52.9 Å². The van der Waals surface area contributed by atoms with Crippen molar-refractivity contribution >= 4 is 0 Å². The number of hydrogen-bond donors (Lipinski definition) is 0. The highest BCUT2D eigenvalue weighted by Crippen LogP contribution is 2.18. The molecular weight excluding hydrogens is 314 g/mol. The molecule has 0 amide bonds. The topological polar surface area (TPSA) is 44.6 Å². The molecule has 140 valence electrons. The van der Waals surface area contributed by atoms with Gasteiger partial charge in [0.2, 0.25) is 0 Å². The summed E-state index contributed by atoms with van der Waals surface area (Å²) in [5, 5.41) is 4.32. The van der Waals surface area contributed by atoms with Crippen molar-refractivity contribution in [3.05, 3.63) is 28.2 Å². The molecule has 3 rings (SSSR count). The van der Waals surface area contributed by atoms with E-state index in [0.29, 0.717) is 6.54 Å². The van der Waals surface area contributed by atoms with Crippen molar-refractivity contribution in [2.45, 2.75) is 45.2 Å². The molecule has 1 unspecified atom stereocenters. The SMILES string of the molecule is Cc1ccc(=O)n(CCN2CCN(CCC3CCCCN3C)CC2)n1. The Morgan fingerprint density at radius 1 is 1.00 bits per heavy atom. The summed E-state index contributed by atoms with van der Waals surface area (Å²) in [4.78, 5) is 19.4. The van der Waals surface area contributed by atoms with Gasteiger partial charge in [0.05, 0.1) is 12.2 Å². The van der Waals surface area contributed by atoms with Gasteiger partial charge in [0.25, 0.3) is 5.56 Å². The second-order valence-corrected chi connectivity index (χ2v) is 7.64. The van der Waals surface area contributed by atoms with Crippen LogP contribution in [-0.2, 0) is 6.54 Å². The van der Waals surface area contributed by atoms with Gasteiger partial charge in [0.1, 0.15) is 0 Å². The fraction of sp³-hybridized carbons (Fsp3) is 0.789. The maximum Gasteiger partial charge on any atom is 0.266 e. The van der Waals surface area contributed by atoms with E-state index in [1.807, 2.05) is 6.92 Å². The molecule has 0 radical (unpaired) electrons. The van der Waals surface area contributed by atoms with Gasteiger partial charge in [-0.1, -0.05) is 6.42 Å². The van der Waals surface area contributed by atoms with Crippen LogP contribution < -0.4 is 5.56 Å². The van der Waals surface area contributed by atoms with E-state index in [0.717, 1.165) is 44.5 Å². The highest BCUT2D eigenvalue weighted by Gasteiger charge is 2.21. The van der Waals surface area contributed by atoms with Gasteiger partial charge < -0.3 is 9.80 Å². The van der Waals surface area contributed by atoms with Crippen molar-refractivity contribution in [2.24, 2.45) is 0 Å². The Kier molecular flexibility index (Phi) is 6.62. The number of nitrogens with zero attached hydrogens (tertiary/aromatic N) is 5. The van der Waals surface area contributed by atoms with Crippen LogP contribution >= 0.6 is 0 Å². The molecular formula is C19H33N5O. The molecule has 3 heterocycles. The molecule has 1 atom stereocenters. The zero-order chi connectivity index (χ0) is 17.6. The van der Waals surface area contributed by atoms with Gasteiger partial charge in [-0.15, -0.1) is 0 Å². The Balaban J connectivity index is 1.37. The van der Waals surface area contributed by atoms with E-state index >= 15 is 0 Å². The lowest BCUT2D eigenvalue weighted by Crippen LogP contribution is -2.48. The first-order valence-corrected chi connectivity index (χ1v) is 9.81. The summed E-state index contributed by atoms with van der Waals surface area (Å²) in [5.41, 5.74) is 0.901. The molecule has 1 aromatic heterocycles. The normalized spacial score (nSPS) is 23.8. The molecule has 0 spiro atoms. The monoisotopic (exact) mass is 347 g/mol. The molecule has 0 aromatic carbocycles. The summed E-state index contributed by atoms with van der Waals surface area (Å²) in [6, 6.07) is 4.18. The molecule has 2 aliphatic heterocycles. The van der Waals surface area contributed by atoms with E-state index in [2.05, 4.69) is 26.8 Å². The van der Waals surface area contributed by atoms with Gasteiger partial charge in [-0.05, 0) is 52.4 Å². The molecule has 0 bridgehead atoms. The summed E-state index contributed by atoms with van der Waals surface area (Å²) in [7, 11) is 2.28. The van der Waals surface area contributed by atoms with Crippen molar-refractivity contribution in [3.8, 4) is 0 Å². The summed E-state index contributed by atoms with van der Waals surface area (Å²) in [6.07, 6.45) is 5.44. The van der Waals surface area contributed by atoms with E-state index in [-0.39, 0.29) is 5.56 Å². The number of piperazine rings is 1. The van der Waals surface area contributed by atoms with Crippen LogP contribution in [0.5, 0.6) is 0 Å². The molecule has 25 heavy (non-hydrogen) atoms. The van der Waals surface area contributed by atoms with E-state index in [9.17, 15) is 4.79 Å². The Morgan fingerprint density at radius 3 is 2.44 bits per heavy atom. The predicted molar refractivity (Wildman–Crippen MR) is 101 cm³/mol. The first-order valence-electron chi connectivity index (χ1n) is 9.81. The van der Waals surface area contributed by atoms with Crippen LogP contribution in [0, 0.1) is 6.92 Å². The van der Waals surface area contributed by atoms with Crippen LogP contribution in [0.4, 0.5) is 0 Å². The molecule has 2 saturated heterocycles. The Morgan fingerprint density at radius 2 is 1.72 bits per heavy atom. The zero-order valence-electron chi connectivity index (χ0n) is 15.9. The van der Waals surface area contributed by atoms with Crippen LogP contribution in [-0.4, -0.2) is 83.4 Å². The van der Waals surface area contributed by atoms with Crippen molar-refractivity contribution in [1.29, 1.82) is 0 Å². The van der Waals surface area contributed by atoms with E-state index < -0.39 is 0 Å². The largest absolute Gasteiger partial charge is 0.303 e. The molecule has 6 nitrogen and oxygen atoms in total. The van der Waals surface area contributed by atoms with Gasteiger partial charge in [-0.25, -0.2) is 4.68 Å². The van der Waals surface area contributed by atoms with Gasteiger partial charge >= 0.3 is 0 Å². The van der Waals surface area contributed by atoms with Gasteiger partial charge in [0.15, 0.2) is 0 Å². The summed E-state index contributed by atoms with van der Waals surface area (Å²) >= 11 is 0. The Labute approximate surface area is 151 Å². The first-order chi connectivity index (χ1) is 12.1. The van der Waals surface area contributed by atoms with E-state index in [1.54, 1.807) is 16.8 Å². The van der Waals surface area contributed by atoms with Crippen LogP contribution in [0.15, 0.2) is 16.9 Å². The van der Waals surface area contributed by atoms with E-state index in [1.165, 1.54) is 38.8 Å². The Bertz CT molecular complexity index is 594. The highest BCUT2D eigenvalue weighted by atomic mass is 16.1. The average molecular weight is 348 g/mol. The smallest absolute Gasteiger partial charge is 0.266 e. The molecule has 0 aliphatic carbocycles. The molecule has 6 heteroatoms. The average Bonchev–Trinajstić information content (AvgIpc) is 2.63. The second kappa shape index (κ2) is 8.92. The second-order valence-electron chi connectivity index (χ2n) is 7.64. The minimum Gasteiger partial charge on any atom is -0.303 e. The zero-order valence-corrected chi connectivity index (χ0v) is 15.9. The van der Waals surface area contributed by atoms with Crippen LogP contribution in [0.1, 0.15) is 31.4 Å². The van der Waals surface area contributed by atoms with Gasteiger partial charge in [-0.2, -0.15) is 5.10 Å².